The molecular formula is C20H40O. The van der Waals surface area contributed by atoms with E-state index in [1.54, 1.807) is 0 Å². The Labute approximate surface area is 134 Å². The van der Waals surface area contributed by atoms with Crippen LogP contribution in [0.25, 0.3) is 0 Å². The summed E-state index contributed by atoms with van der Waals surface area (Å²) in [5, 5.41) is 0. The molecule has 1 rings (SSSR count). The van der Waals surface area contributed by atoms with Crippen LogP contribution in [0, 0.1) is 10.8 Å². The van der Waals surface area contributed by atoms with Gasteiger partial charge in [0.25, 0.3) is 0 Å². The fraction of sp³-hybridized carbons (Fsp3) is 1.00. The Bertz CT molecular complexity index is 232. The van der Waals surface area contributed by atoms with Crippen molar-refractivity contribution in [1.29, 1.82) is 0 Å². The van der Waals surface area contributed by atoms with Crippen LogP contribution in [0.15, 0.2) is 0 Å². The minimum absolute atomic E-state index is 0.507. The topological polar surface area (TPSA) is 9.23 Å². The van der Waals surface area contributed by atoms with Gasteiger partial charge in [-0.3, -0.25) is 0 Å². The van der Waals surface area contributed by atoms with E-state index in [0.717, 1.165) is 18.6 Å². The second-order valence-electron chi connectivity index (χ2n) is 8.81. The van der Waals surface area contributed by atoms with Gasteiger partial charge < -0.3 is 4.74 Å². The monoisotopic (exact) mass is 296 g/mol. The third-order valence-electron chi connectivity index (χ3n) is 4.89. The highest BCUT2D eigenvalue weighted by Crippen LogP contribution is 2.49. The van der Waals surface area contributed by atoms with Crippen molar-refractivity contribution in [2.75, 3.05) is 13.2 Å². The van der Waals surface area contributed by atoms with Gasteiger partial charge in [0, 0.05) is 13.2 Å². The van der Waals surface area contributed by atoms with E-state index in [-0.39, 0.29) is 0 Å². The first-order valence-electron chi connectivity index (χ1n) is 9.49. The molecule has 1 aliphatic carbocycles. The lowest BCUT2D eigenvalue weighted by Gasteiger charge is -2.17. The van der Waals surface area contributed by atoms with E-state index >= 15 is 0 Å². The van der Waals surface area contributed by atoms with E-state index in [0.29, 0.717) is 5.41 Å². The Morgan fingerprint density at radius 2 is 1.29 bits per heavy atom. The SMILES string of the molecule is CC(C)(C)CCCCCCOCCCCCCC1(C)CC1. The molecule has 1 saturated carbocycles. The lowest BCUT2D eigenvalue weighted by atomic mass is 9.89. The summed E-state index contributed by atoms with van der Waals surface area (Å²) in [5.74, 6) is 0. The lowest BCUT2D eigenvalue weighted by Crippen LogP contribution is -2.04. The van der Waals surface area contributed by atoms with Crippen LogP contribution in [0.4, 0.5) is 0 Å². The van der Waals surface area contributed by atoms with E-state index in [9.17, 15) is 0 Å². The van der Waals surface area contributed by atoms with E-state index in [2.05, 4.69) is 27.7 Å². The Balaban J connectivity index is 1.69. The molecule has 1 fully saturated rings. The summed E-state index contributed by atoms with van der Waals surface area (Å²) in [6.07, 6.45) is 16.6. The van der Waals surface area contributed by atoms with Crippen LogP contribution in [-0.2, 0) is 4.74 Å². The van der Waals surface area contributed by atoms with Crippen molar-refractivity contribution in [3.05, 3.63) is 0 Å². The molecule has 1 heteroatoms. The van der Waals surface area contributed by atoms with Crippen molar-refractivity contribution in [3.63, 3.8) is 0 Å². The van der Waals surface area contributed by atoms with Gasteiger partial charge in [0.05, 0.1) is 0 Å². The summed E-state index contributed by atoms with van der Waals surface area (Å²) in [5.41, 5.74) is 1.26. The fourth-order valence-corrected chi connectivity index (χ4v) is 2.89. The highest BCUT2D eigenvalue weighted by Gasteiger charge is 2.35. The van der Waals surface area contributed by atoms with Crippen LogP contribution in [-0.4, -0.2) is 13.2 Å². The average Bonchev–Trinajstić information content (AvgIpc) is 3.12. The molecule has 0 bridgehead atoms. The molecule has 1 aliphatic rings. The van der Waals surface area contributed by atoms with Gasteiger partial charge in [0.2, 0.25) is 0 Å². The van der Waals surface area contributed by atoms with Crippen LogP contribution < -0.4 is 0 Å². The first kappa shape index (κ1) is 19.0. The van der Waals surface area contributed by atoms with E-state index < -0.39 is 0 Å². The van der Waals surface area contributed by atoms with Crippen molar-refractivity contribution >= 4 is 0 Å². The molecule has 0 radical (unpaired) electrons. The number of hydrogen-bond donors (Lipinski definition) is 0. The maximum absolute atomic E-state index is 5.74. The highest BCUT2D eigenvalue weighted by atomic mass is 16.5. The van der Waals surface area contributed by atoms with Gasteiger partial charge in [-0.1, -0.05) is 66.2 Å². The Hall–Kier alpha value is -0.0400. The van der Waals surface area contributed by atoms with Crippen molar-refractivity contribution in [1.82, 2.24) is 0 Å². The summed E-state index contributed by atoms with van der Waals surface area (Å²) in [6.45, 7) is 11.4. The zero-order valence-corrected chi connectivity index (χ0v) is 15.3. The van der Waals surface area contributed by atoms with Gasteiger partial charge in [-0.2, -0.15) is 0 Å². The van der Waals surface area contributed by atoms with E-state index in [4.69, 9.17) is 4.74 Å². The molecule has 0 aliphatic heterocycles. The second-order valence-corrected chi connectivity index (χ2v) is 8.81. The first-order valence-corrected chi connectivity index (χ1v) is 9.49. The molecule has 0 aromatic heterocycles. The highest BCUT2D eigenvalue weighted by molar-refractivity contribution is 4.87. The molecule has 21 heavy (non-hydrogen) atoms. The summed E-state index contributed by atoms with van der Waals surface area (Å²) in [4.78, 5) is 0. The maximum atomic E-state index is 5.74. The summed E-state index contributed by atoms with van der Waals surface area (Å²) >= 11 is 0. The Morgan fingerprint density at radius 1 is 0.762 bits per heavy atom. The predicted octanol–water partition coefficient (Wildman–Crippen LogP) is 6.75. The average molecular weight is 297 g/mol. The zero-order valence-electron chi connectivity index (χ0n) is 15.3. The van der Waals surface area contributed by atoms with Crippen LogP contribution in [0.1, 0.15) is 105 Å². The molecule has 0 saturated heterocycles. The molecule has 126 valence electrons. The van der Waals surface area contributed by atoms with Gasteiger partial charge in [0.15, 0.2) is 0 Å². The molecular weight excluding hydrogens is 256 g/mol. The molecule has 1 nitrogen and oxygen atoms in total. The standard InChI is InChI=1S/C20H40O/c1-19(2,3)13-9-5-7-11-17-21-18-12-8-6-10-14-20(4)15-16-20/h5-18H2,1-4H3. The normalized spacial score (nSPS) is 17.1. The Morgan fingerprint density at radius 3 is 1.81 bits per heavy atom. The molecule has 0 amide bonds. The fourth-order valence-electron chi connectivity index (χ4n) is 2.89. The summed E-state index contributed by atoms with van der Waals surface area (Å²) in [6, 6.07) is 0. The van der Waals surface area contributed by atoms with Crippen molar-refractivity contribution < 1.29 is 4.74 Å². The molecule has 0 aromatic carbocycles. The molecule has 0 heterocycles. The van der Waals surface area contributed by atoms with Crippen molar-refractivity contribution in [2.24, 2.45) is 10.8 Å². The third kappa shape index (κ3) is 12.2. The molecule has 0 N–H and O–H groups in total. The summed E-state index contributed by atoms with van der Waals surface area (Å²) < 4.78 is 5.74. The van der Waals surface area contributed by atoms with Gasteiger partial charge >= 0.3 is 0 Å². The number of unbranched alkanes of at least 4 members (excludes halogenated alkanes) is 6. The third-order valence-corrected chi connectivity index (χ3v) is 4.89. The minimum atomic E-state index is 0.507. The van der Waals surface area contributed by atoms with Gasteiger partial charge in [-0.05, 0) is 49.4 Å². The van der Waals surface area contributed by atoms with Crippen LogP contribution in [0.5, 0.6) is 0 Å². The van der Waals surface area contributed by atoms with Gasteiger partial charge in [-0.25, -0.2) is 0 Å². The van der Waals surface area contributed by atoms with Crippen LogP contribution in [0.2, 0.25) is 0 Å². The Kier molecular flexibility index (Phi) is 8.94. The first-order chi connectivity index (χ1) is 9.91. The van der Waals surface area contributed by atoms with E-state index in [1.807, 2.05) is 0 Å². The molecule has 0 unspecified atom stereocenters. The smallest absolute Gasteiger partial charge is 0.0466 e. The quantitative estimate of drug-likeness (QED) is 0.341. The number of ether oxygens (including phenoxy) is 1. The van der Waals surface area contributed by atoms with Gasteiger partial charge in [0.1, 0.15) is 0 Å². The number of rotatable bonds is 13. The van der Waals surface area contributed by atoms with Crippen LogP contribution in [0.3, 0.4) is 0 Å². The largest absolute Gasteiger partial charge is 0.381 e. The molecule has 0 aromatic rings. The van der Waals surface area contributed by atoms with Crippen LogP contribution >= 0.6 is 0 Å². The van der Waals surface area contributed by atoms with Gasteiger partial charge in [-0.15, -0.1) is 0 Å². The molecule has 0 atom stereocenters. The summed E-state index contributed by atoms with van der Waals surface area (Å²) in [7, 11) is 0. The minimum Gasteiger partial charge on any atom is -0.381 e. The second kappa shape index (κ2) is 9.87. The number of hydrogen-bond acceptors (Lipinski definition) is 1. The molecule has 0 spiro atoms. The van der Waals surface area contributed by atoms with Crippen molar-refractivity contribution in [3.8, 4) is 0 Å². The maximum Gasteiger partial charge on any atom is 0.0466 e. The predicted molar refractivity (Wildman–Crippen MR) is 93.8 cm³/mol. The lowest BCUT2D eigenvalue weighted by molar-refractivity contribution is 0.125. The van der Waals surface area contributed by atoms with Crippen molar-refractivity contribution in [2.45, 2.75) is 105 Å². The van der Waals surface area contributed by atoms with E-state index in [1.165, 1.54) is 77.0 Å². The zero-order chi connectivity index (χ0) is 15.6.